The molecule has 0 saturated carbocycles. The number of nitrogens with two attached hydrogens (primary N) is 1. The Morgan fingerprint density at radius 1 is 0.795 bits per heavy atom. The number of hydrogen-bond donors (Lipinski definition) is 1. The van der Waals surface area contributed by atoms with Gasteiger partial charge in [-0.1, -0.05) is 109 Å². The normalized spacial score (nSPS) is 14.4. The maximum Gasteiger partial charge on any atom is 0.323 e. The van der Waals surface area contributed by atoms with Gasteiger partial charge in [-0.2, -0.15) is 5.26 Å². The van der Waals surface area contributed by atoms with E-state index < -0.39 is 17.8 Å². The zero-order valence-electron chi connectivity index (χ0n) is 21.0. The van der Waals surface area contributed by atoms with Crippen molar-refractivity contribution >= 4 is 16.7 Å². The highest BCUT2D eigenvalue weighted by molar-refractivity contribution is 5.88. The number of carbonyl (C=O) groups is 1. The molecule has 1 aliphatic rings. The second-order valence-electron chi connectivity index (χ2n) is 9.37. The molecule has 6 rings (SSSR count). The van der Waals surface area contributed by atoms with E-state index in [1.807, 2.05) is 109 Å². The first kappa shape index (κ1) is 24.0. The van der Waals surface area contributed by atoms with Crippen LogP contribution in [0, 0.1) is 11.3 Å². The molecule has 39 heavy (non-hydrogen) atoms. The van der Waals surface area contributed by atoms with Gasteiger partial charge in [0.2, 0.25) is 5.88 Å². The SMILES string of the molecule is N#CC1=C(N)Oc2cc(OC(=O)C(c3ccccc3)c3ccccc3)ccc2C1c1cccc2ccccc12. The number of fused-ring (bicyclic) bond motifs is 2. The second kappa shape index (κ2) is 10.2. The molecule has 0 bridgehead atoms. The molecule has 0 spiro atoms. The van der Waals surface area contributed by atoms with E-state index in [2.05, 4.69) is 6.07 Å². The lowest BCUT2D eigenvalue weighted by Gasteiger charge is -2.27. The van der Waals surface area contributed by atoms with Gasteiger partial charge < -0.3 is 15.2 Å². The average Bonchev–Trinajstić information content (AvgIpc) is 2.97. The van der Waals surface area contributed by atoms with Gasteiger partial charge in [-0.25, -0.2) is 0 Å². The molecule has 0 saturated heterocycles. The maximum atomic E-state index is 13.5. The molecule has 0 radical (unpaired) electrons. The summed E-state index contributed by atoms with van der Waals surface area (Å²) in [5.41, 5.74) is 10.0. The molecule has 1 unspecified atom stereocenters. The summed E-state index contributed by atoms with van der Waals surface area (Å²) in [7, 11) is 0. The fourth-order valence-electron chi connectivity index (χ4n) is 5.25. The summed E-state index contributed by atoms with van der Waals surface area (Å²) in [5, 5.41) is 12.1. The number of hydrogen-bond acceptors (Lipinski definition) is 5. The van der Waals surface area contributed by atoms with Crippen LogP contribution in [0.1, 0.15) is 34.1 Å². The van der Waals surface area contributed by atoms with Crippen LogP contribution >= 0.6 is 0 Å². The summed E-state index contributed by atoms with van der Waals surface area (Å²) < 4.78 is 11.8. The highest BCUT2D eigenvalue weighted by Crippen LogP contribution is 2.45. The van der Waals surface area contributed by atoms with Crippen molar-refractivity contribution in [2.45, 2.75) is 11.8 Å². The minimum Gasteiger partial charge on any atom is -0.440 e. The molecule has 5 heteroatoms. The molecule has 0 amide bonds. The van der Waals surface area contributed by atoms with Crippen molar-refractivity contribution in [1.29, 1.82) is 5.26 Å². The Kier molecular flexibility index (Phi) is 6.28. The van der Waals surface area contributed by atoms with Gasteiger partial charge in [0.05, 0.1) is 5.92 Å². The Labute approximate surface area is 226 Å². The first-order valence-corrected chi connectivity index (χ1v) is 12.6. The molecule has 1 atom stereocenters. The monoisotopic (exact) mass is 508 g/mol. The third-order valence-corrected chi connectivity index (χ3v) is 7.04. The van der Waals surface area contributed by atoms with Gasteiger partial charge in [0.25, 0.3) is 0 Å². The summed E-state index contributed by atoms with van der Waals surface area (Å²) in [6.45, 7) is 0. The van der Waals surface area contributed by atoms with E-state index in [4.69, 9.17) is 15.2 Å². The average molecular weight is 509 g/mol. The van der Waals surface area contributed by atoms with Crippen molar-refractivity contribution in [3.8, 4) is 17.6 Å². The Bertz CT molecular complexity index is 1710. The van der Waals surface area contributed by atoms with Crippen LogP contribution in [-0.4, -0.2) is 5.97 Å². The summed E-state index contributed by atoms with van der Waals surface area (Å²) in [6.07, 6.45) is 0. The number of esters is 1. The quantitative estimate of drug-likeness (QED) is 0.209. The Morgan fingerprint density at radius 3 is 2.13 bits per heavy atom. The van der Waals surface area contributed by atoms with E-state index in [1.165, 1.54) is 0 Å². The number of rotatable bonds is 5. The highest BCUT2D eigenvalue weighted by atomic mass is 16.5. The van der Waals surface area contributed by atoms with E-state index in [0.29, 0.717) is 17.1 Å². The summed E-state index contributed by atoms with van der Waals surface area (Å²) in [4.78, 5) is 13.5. The van der Waals surface area contributed by atoms with E-state index in [-0.39, 0.29) is 5.88 Å². The van der Waals surface area contributed by atoms with E-state index in [1.54, 1.807) is 12.1 Å². The predicted molar refractivity (Wildman–Crippen MR) is 150 cm³/mol. The molecule has 0 fully saturated rings. The zero-order valence-corrected chi connectivity index (χ0v) is 21.0. The fraction of sp³-hybridized carbons (Fsp3) is 0.0588. The number of allylic oxidation sites excluding steroid dienone is 1. The molecule has 5 aromatic rings. The Balaban J connectivity index is 1.38. The third-order valence-electron chi connectivity index (χ3n) is 7.04. The molecule has 2 N–H and O–H groups in total. The summed E-state index contributed by atoms with van der Waals surface area (Å²) in [5.74, 6) is -0.599. The van der Waals surface area contributed by atoms with Gasteiger partial charge >= 0.3 is 5.97 Å². The van der Waals surface area contributed by atoms with E-state index >= 15 is 0 Å². The van der Waals surface area contributed by atoms with Crippen LogP contribution in [0.4, 0.5) is 0 Å². The van der Waals surface area contributed by atoms with Gasteiger partial charge in [-0.15, -0.1) is 0 Å². The molecule has 0 aromatic heterocycles. The molecule has 1 aliphatic heterocycles. The van der Waals surface area contributed by atoms with Gasteiger partial charge in [-0.05, 0) is 33.5 Å². The van der Waals surface area contributed by atoms with Gasteiger partial charge in [0.15, 0.2) is 0 Å². The van der Waals surface area contributed by atoms with Crippen LogP contribution in [0.15, 0.2) is 133 Å². The van der Waals surface area contributed by atoms with Crippen molar-refractivity contribution in [2.75, 3.05) is 0 Å². The number of nitrogens with zero attached hydrogens (tertiary/aromatic N) is 1. The van der Waals surface area contributed by atoms with Crippen molar-refractivity contribution in [3.05, 3.63) is 155 Å². The number of ether oxygens (including phenoxy) is 2. The molecular formula is C34H24N2O3. The van der Waals surface area contributed by atoms with Crippen LogP contribution in [0.2, 0.25) is 0 Å². The smallest absolute Gasteiger partial charge is 0.323 e. The van der Waals surface area contributed by atoms with Crippen molar-refractivity contribution in [1.82, 2.24) is 0 Å². The molecule has 5 nitrogen and oxygen atoms in total. The molecular weight excluding hydrogens is 484 g/mol. The molecule has 5 aromatic carbocycles. The number of carbonyl (C=O) groups excluding carboxylic acids is 1. The first-order valence-electron chi connectivity index (χ1n) is 12.6. The zero-order chi connectivity index (χ0) is 26.8. The van der Waals surface area contributed by atoms with Crippen LogP contribution < -0.4 is 15.2 Å². The lowest BCUT2D eigenvalue weighted by molar-refractivity contribution is -0.135. The minimum absolute atomic E-state index is 0.0397. The highest BCUT2D eigenvalue weighted by Gasteiger charge is 2.32. The molecule has 188 valence electrons. The maximum absolute atomic E-state index is 13.5. The van der Waals surface area contributed by atoms with Crippen LogP contribution in [0.25, 0.3) is 10.8 Å². The lowest BCUT2D eigenvalue weighted by Crippen LogP contribution is -2.22. The van der Waals surface area contributed by atoms with Crippen LogP contribution in [0.5, 0.6) is 11.5 Å². The van der Waals surface area contributed by atoms with Crippen LogP contribution in [0.3, 0.4) is 0 Å². The fourth-order valence-corrected chi connectivity index (χ4v) is 5.25. The van der Waals surface area contributed by atoms with Gasteiger partial charge in [0, 0.05) is 11.6 Å². The van der Waals surface area contributed by atoms with Crippen molar-refractivity contribution < 1.29 is 14.3 Å². The van der Waals surface area contributed by atoms with Gasteiger partial charge in [0.1, 0.15) is 29.1 Å². The first-order chi connectivity index (χ1) is 19.1. The lowest BCUT2D eigenvalue weighted by atomic mass is 9.81. The van der Waals surface area contributed by atoms with Crippen LogP contribution in [-0.2, 0) is 4.79 Å². The van der Waals surface area contributed by atoms with Gasteiger partial charge in [-0.3, -0.25) is 4.79 Å². The van der Waals surface area contributed by atoms with E-state index in [0.717, 1.165) is 33.0 Å². The molecule has 0 aliphatic carbocycles. The van der Waals surface area contributed by atoms with Crippen molar-refractivity contribution in [3.63, 3.8) is 0 Å². The van der Waals surface area contributed by atoms with E-state index in [9.17, 15) is 10.1 Å². The minimum atomic E-state index is -0.595. The Morgan fingerprint density at radius 2 is 1.44 bits per heavy atom. The standard InChI is InChI=1S/C34H24N2O3/c35-21-29-32(27-17-9-15-22-10-7-8-16-26(22)27)28-19-18-25(20-30(28)39-33(29)36)38-34(37)31(23-11-3-1-4-12-23)24-13-5-2-6-14-24/h1-20,31-32H,36H2. The number of benzene rings is 5. The largest absolute Gasteiger partial charge is 0.440 e. The van der Waals surface area contributed by atoms with Crippen molar-refractivity contribution in [2.24, 2.45) is 5.73 Å². The Hall–Kier alpha value is -5.34. The molecule has 1 heterocycles. The second-order valence-corrected chi connectivity index (χ2v) is 9.37. The number of nitriles is 1. The predicted octanol–water partition coefficient (Wildman–Crippen LogP) is 6.80. The summed E-state index contributed by atoms with van der Waals surface area (Å²) in [6, 6.07) is 40.7. The third kappa shape index (κ3) is 4.49. The summed E-state index contributed by atoms with van der Waals surface area (Å²) >= 11 is 0. The topological polar surface area (TPSA) is 85.3 Å².